The highest BCUT2D eigenvalue weighted by Crippen LogP contribution is 2.22. The summed E-state index contributed by atoms with van der Waals surface area (Å²) in [6.07, 6.45) is 3.69. The molecule has 0 saturated carbocycles. The normalized spacial score (nSPS) is 11.9. The third kappa shape index (κ3) is 4.21. The van der Waals surface area contributed by atoms with Crippen LogP contribution in [0.2, 0.25) is 0 Å². The highest BCUT2D eigenvalue weighted by Gasteiger charge is 2.25. The SMILES string of the molecule is CCCCN(CCCC)S(=O)(=O)c1ccccc1N. The van der Waals surface area contributed by atoms with Gasteiger partial charge in [0.2, 0.25) is 10.0 Å². The molecule has 0 bridgehead atoms. The van der Waals surface area contributed by atoms with Crippen LogP contribution < -0.4 is 5.73 Å². The highest BCUT2D eigenvalue weighted by molar-refractivity contribution is 7.89. The van der Waals surface area contributed by atoms with Crippen LogP contribution in [0.3, 0.4) is 0 Å². The number of nitrogens with two attached hydrogens (primary N) is 1. The number of hydrogen-bond donors (Lipinski definition) is 1. The predicted molar refractivity (Wildman–Crippen MR) is 79.4 cm³/mol. The van der Waals surface area contributed by atoms with Gasteiger partial charge in [0.25, 0.3) is 0 Å². The summed E-state index contributed by atoms with van der Waals surface area (Å²) in [6, 6.07) is 6.66. The minimum Gasteiger partial charge on any atom is -0.398 e. The molecule has 1 aromatic rings. The van der Waals surface area contributed by atoms with Crippen molar-refractivity contribution in [2.45, 2.75) is 44.4 Å². The Bertz CT molecular complexity index is 478. The monoisotopic (exact) mass is 284 g/mol. The molecule has 0 aliphatic rings. The van der Waals surface area contributed by atoms with E-state index in [1.165, 1.54) is 0 Å². The lowest BCUT2D eigenvalue weighted by atomic mass is 10.3. The first kappa shape index (κ1) is 16.0. The van der Waals surface area contributed by atoms with E-state index in [1.54, 1.807) is 28.6 Å². The average molecular weight is 284 g/mol. The van der Waals surface area contributed by atoms with Crippen LogP contribution in [0.15, 0.2) is 29.2 Å². The standard InChI is InChI=1S/C14H24N2O2S/c1-3-5-11-16(12-6-4-2)19(17,18)14-10-8-7-9-13(14)15/h7-10H,3-6,11-12,15H2,1-2H3. The number of benzene rings is 1. The van der Waals surface area contributed by atoms with E-state index in [0.29, 0.717) is 18.8 Å². The Labute approximate surface area is 116 Å². The van der Waals surface area contributed by atoms with Crippen LogP contribution in [0.25, 0.3) is 0 Å². The van der Waals surface area contributed by atoms with Gasteiger partial charge in [-0.15, -0.1) is 0 Å². The summed E-state index contributed by atoms with van der Waals surface area (Å²) in [5.74, 6) is 0. The van der Waals surface area contributed by atoms with E-state index < -0.39 is 10.0 Å². The van der Waals surface area contributed by atoms with Gasteiger partial charge in [-0.1, -0.05) is 38.8 Å². The summed E-state index contributed by atoms with van der Waals surface area (Å²) in [5, 5.41) is 0. The van der Waals surface area contributed by atoms with E-state index >= 15 is 0 Å². The minimum absolute atomic E-state index is 0.224. The highest BCUT2D eigenvalue weighted by atomic mass is 32.2. The molecule has 0 heterocycles. The Hall–Kier alpha value is -1.07. The van der Waals surface area contributed by atoms with Crippen LogP contribution in [0.1, 0.15) is 39.5 Å². The Morgan fingerprint density at radius 2 is 1.58 bits per heavy atom. The summed E-state index contributed by atoms with van der Waals surface area (Å²) in [4.78, 5) is 0.224. The smallest absolute Gasteiger partial charge is 0.245 e. The van der Waals surface area contributed by atoms with Crippen LogP contribution in [0, 0.1) is 0 Å². The van der Waals surface area contributed by atoms with Crippen LogP contribution >= 0.6 is 0 Å². The summed E-state index contributed by atoms with van der Waals surface area (Å²) in [6.45, 7) is 5.24. The maximum atomic E-state index is 12.6. The molecule has 0 aliphatic heterocycles. The largest absolute Gasteiger partial charge is 0.398 e. The van der Waals surface area contributed by atoms with Crippen molar-refractivity contribution < 1.29 is 8.42 Å². The number of sulfonamides is 1. The summed E-state index contributed by atoms with van der Waals surface area (Å²) >= 11 is 0. The zero-order valence-electron chi connectivity index (χ0n) is 11.8. The van der Waals surface area contributed by atoms with Crippen LogP contribution in [0.5, 0.6) is 0 Å². The summed E-state index contributed by atoms with van der Waals surface area (Å²) < 4.78 is 26.8. The van der Waals surface area contributed by atoms with E-state index in [4.69, 9.17) is 5.73 Å². The number of unbranched alkanes of at least 4 members (excludes halogenated alkanes) is 2. The van der Waals surface area contributed by atoms with Crippen LogP contribution in [-0.4, -0.2) is 25.8 Å². The molecule has 5 heteroatoms. The van der Waals surface area contributed by atoms with E-state index in [1.807, 2.05) is 0 Å². The molecule has 0 unspecified atom stereocenters. The van der Waals surface area contributed by atoms with Crippen molar-refractivity contribution >= 4 is 15.7 Å². The molecule has 0 saturated heterocycles. The van der Waals surface area contributed by atoms with Crippen molar-refractivity contribution in [3.05, 3.63) is 24.3 Å². The van der Waals surface area contributed by atoms with Crippen molar-refractivity contribution in [1.29, 1.82) is 0 Å². The molecule has 1 aromatic carbocycles. The number of hydrogen-bond acceptors (Lipinski definition) is 3. The predicted octanol–water partition coefficient (Wildman–Crippen LogP) is 2.86. The van der Waals surface area contributed by atoms with Gasteiger partial charge in [0.1, 0.15) is 4.90 Å². The van der Waals surface area contributed by atoms with Gasteiger partial charge in [-0.05, 0) is 25.0 Å². The lowest BCUT2D eigenvalue weighted by Crippen LogP contribution is -2.33. The molecule has 2 N–H and O–H groups in total. The fraction of sp³-hybridized carbons (Fsp3) is 0.571. The zero-order valence-corrected chi connectivity index (χ0v) is 12.6. The molecule has 0 radical (unpaired) electrons. The lowest BCUT2D eigenvalue weighted by Gasteiger charge is -2.22. The molecular formula is C14H24N2O2S. The second-order valence-corrected chi connectivity index (χ2v) is 6.56. The third-order valence-corrected chi connectivity index (χ3v) is 5.03. The van der Waals surface area contributed by atoms with E-state index in [9.17, 15) is 8.42 Å². The van der Waals surface area contributed by atoms with Gasteiger partial charge >= 0.3 is 0 Å². The molecule has 0 aliphatic carbocycles. The first-order chi connectivity index (χ1) is 9.04. The van der Waals surface area contributed by atoms with Gasteiger partial charge in [0, 0.05) is 13.1 Å². The van der Waals surface area contributed by atoms with Crippen molar-refractivity contribution in [3.63, 3.8) is 0 Å². The summed E-state index contributed by atoms with van der Waals surface area (Å²) in [7, 11) is -3.47. The Morgan fingerprint density at radius 3 is 2.05 bits per heavy atom. The van der Waals surface area contributed by atoms with Gasteiger partial charge in [0.15, 0.2) is 0 Å². The first-order valence-electron chi connectivity index (χ1n) is 6.88. The molecule has 0 aromatic heterocycles. The van der Waals surface area contributed by atoms with Crippen LogP contribution in [-0.2, 0) is 10.0 Å². The van der Waals surface area contributed by atoms with Crippen molar-refractivity contribution in [2.75, 3.05) is 18.8 Å². The zero-order chi connectivity index (χ0) is 14.3. The van der Waals surface area contributed by atoms with E-state index in [0.717, 1.165) is 25.7 Å². The lowest BCUT2D eigenvalue weighted by molar-refractivity contribution is 0.395. The van der Waals surface area contributed by atoms with Gasteiger partial charge in [-0.3, -0.25) is 0 Å². The first-order valence-corrected chi connectivity index (χ1v) is 8.32. The Balaban J connectivity index is 3.01. The topological polar surface area (TPSA) is 63.4 Å². The number of anilines is 1. The van der Waals surface area contributed by atoms with Crippen molar-refractivity contribution in [2.24, 2.45) is 0 Å². The third-order valence-electron chi connectivity index (χ3n) is 3.06. The molecule has 108 valence electrons. The summed E-state index contributed by atoms with van der Waals surface area (Å²) in [5.41, 5.74) is 6.12. The molecule has 1 rings (SSSR count). The van der Waals surface area contributed by atoms with Gasteiger partial charge in [-0.25, -0.2) is 8.42 Å². The van der Waals surface area contributed by atoms with Crippen molar-refractivity contribution in [3.8, 4) is 0 Å². The maximum absolute atomic E-state index is 12.6. The Morgan fingerprint density at radius 1 is 1.05 bits per heavy atom. The fourth-order valence-electron chi connectivity index (χ4n) is 1.88. The van der Waals surface area contributed by atoms with E-state index in [2.05, 4.69) is 13.8 Å². The minimum atomic E-state index is -3.47. The fourth-order valence-corrected chi connectivity index (χ4v) is 3.51. The van der Waals surface area contributed by atoms with E-state index in [-0.39, 0.29) is 4.90 Å². The molecule has 19 heavy (non-hydrogen) atoms. The molecule has 0 amide bonds. The average Bonchev–Trinajstić information content (AvgIpc) is 2.39. The number of rotatable bonds is 8. The quantitative estimate of drug-likeness (QED) is 0.747. The molecule has 0 atom stereocenters. The Kier molecular flexibility index (Phi) is 6.31. The molecule has 0 fully saturated rings. The molecular weight excluding hydrogens is 260 g/mol. The van der Waals surface area contributed by atoms with Crippen molar-refractivity contribution in [1.82, 2.24) is 4.31 Å². The number of nitrogens with zero attached hydrogens (tertiary/aromatic N) is 1. The molecule has 4 nitrogen and oxygen atoms in total. The number of nitrogen functional groups attached to an aromatic ring is 1. The number of para-hydroxylation sites is 1. The van der Waals surface area contributed by atoms with Crippen LogP contribution in [0.4, 0.5) is 5.69 Å². The van der Waals surface area contributed by atoms with Gasteiger partial charge in [0.05, 0.1) is 5.69 Å². The molecule has 0 spiro atoms. The van der Waals surface area contributed by atoms with Gasteiger partial charge < -0.3 is 5.73 Å². The second kappa shape index (κ2) is 7.50. The second-order valence-electron chi connectivity index (χ2n) is 4.65. The maximum Gasteiger partial charge on any atom is 0.245 e. The van der Waals surface area contributed by atoms with Gasteiger partial charge in [-0.2, -0.15) is 4.31 Å².